The van der Waals surface area contributed by atoms with Crippen LogP contribution in [0.15, 0.2) is 71.1 Å². The Balaban J connectivity index is 1.87. The van der Waals surface area contributed by atoms with Crippen LogP contribution >= 0.6 is 11.8 Å². The van der Waals surface area contributed by atoms with Crippen LogP contribution in [0.25, 0.3) is 6.08 Å². The molecule has 3 rings (SSSR count). The zero-order chi connectivity index (χ0) is 21.5. The van der Waals surface area contributed by atoms with Gasteiger partial charge in [-0.25, -0.2) is 9.79 Å². The molecule has 1 aliphatic heterocycles. The van der Waals surface area contributed by atoms with Crippen LogP contribution in [0.2, 0.25) is 0 Å². The van der Waals surface area contributed by atoms with Crippen LogP contribution in [0.4, 0.5) is 5.69 Å². The average Bonchev–Trinajstić information content (AvgIpc) is 3.01. The molecule has 2 aromatic rings. The van der Waals surface area contributed by atoms with Gasteiger partial charge in [-0.3, -0.25) is 9.69 Å². The van der Waals surface area contributed by atoms with Gasteiger partial charge in [-0.1, -0.05) is 36.9 Å². The summed E-state index contributed by atoms with van der Waals surface area (Å²) >= 11 is 1.27. The molecule has 154 valence electrons. The maximum absolute atomic E-state index is 12.7. The summed E-state index contributed by atoms with van der Waals surface area (Å²) in [5, 5.41) is 0.525. The summed E-state index contributed by atoms with van der Waals surface area (Å²) in [6.07, 6.45) is 3.46. The van der Waals surface area contributed by atoms with Gasteiger partial charge in [0.05, 0.1) is 22.8 Å². The summed E-state index contributed by atoms with van der Waals surface area (Å²) in [7, 11) is 1.67. The lowest BCUT2D eigenvalue weighted by Gasteiger charge is -2.08. The van der Waals surface area contributed by atoms with Crippen LogP contribution in [-0.2, 0) is 9.53 Å². The molecule has 1 aliphatic rings. The number of carbonyl (C=O) groups excluding carboxylic acids is 2. The third-order valence-electron chi connectivity index (χ3n) is 4.15. The fourth-order valence-corrected chi connectivity index (χ4v) is 3.68. The number of esters is 1. The molecule has 0 aromatic heterocycles. The molecule has 0 saturated carbocycles. The molecule has 1 saturated heterocycles. The topological polar surface area (TPSA) is 68.2 Å². The van der Waals surface area contributed by atoms with Crippen LogP contribution in [0.5, 0.6) is 5.75 Å². The largest absolute Gasteiger partial charge is 0.489 e. The second-order valence-corrected chi connectivity index (χ2v) is 7.29. The number of carbonyl (C=O) groups is 2. The van der Waals surface area contributed by atoms with Crippen molar-refractivity contribution in [2.75, 3.05) is 20.3 Å². The number of benzene rings is 2. The van der Waals surface area contributed by atoms with Crippen molar-refractivity contribution in [1.29, 1.82) is 0 Å². The van der Waals surface area contributed by atoms with Gasteiger partial charge in [-0.15, -0.1) is 0 Å². The number of rotatable bonds is 7. The minimum Gasteiger partial charge on any atom is -0.489 e. The van der Waals surface area contributed by atoms with Gasteiger partial charge in [0.2, 0.25) is 0 Å². The Morgan fingerprint density at radius 2 is 2.03 bits per heavy atom. The number of likely N-dealkylation sites (N-methyl/N-ethyl adjacent to an activating group) is 1. The molecule has 0 unspecified atom stereocenters. The first-order valence-corrected chi connectivity index (χ1v) is 10.2. The molecule has 0 aliphatic carbocycles. The number of amides is 1. The molecule has 0 N–H and O–H groups in total. The number of aliphatic imine (C=N–C) groups is 1. The van der Waals surface area contributed by atoms with Gasteiger partial charge >= 0.3 is 5.97 Å². The molecule has 6 nitrogen and oxygen atoms in total. The highest BCUT2D eigenvalue weighted by Crippen LogP contribution is 2.34. The first-order chi connectivity index (χ1) is 14.5. The predicted octanol–water partition coefficient (Wildman–Crippen LogP) is 4.66. The number of para-hydroxylation sites is 1. The summed E-state index contributed by atoms with van der Waals surface area (Å²) in [5.41, 5.74) is 1.78. The SMILES string of the molecule is C=CCOc1ccccc1C=C1SC(=Nc2cccc(C(=O)OCC)c2)N(C)C1=O. The summed E-state index contributed by atoms with van der Waals surface area (Å²) < 4.78 is 10.7. The van der Waals surface area contributed by atoms with Crippen LogP contribution in [0.1, 0.15) is 22.8 Å². The van der Waals surface area contributed by atoms with E-state index in [1.54, 1.807) is 50.4 Å². The molecule has 0 bridgehead atoms. The number of hydrogen-bond donors (Lipinski definition) is 0. The number of ether oxygens (including phenoxy) is 2. The van der Waals surface area contributed by atoms with E-state index in [2.05, 4.69) is 11.6 Å². The maximum Gasteiger partial charge on any atom is 0.338 e. The van der Waals surface area contributed by atoms with Crippen molar-refractivity contribution < 1.29 is 19.1 Å². The van der Waals surface area contributed by atoms with Crippen molar-refractivity contribution in [3.05, 3.63) is 77.2 Å². The quantitative estimate of drug-likeness (QED) is 0.369. The van der Waals surface area contributed by atoms with Gasteiger partial charge in [0.1, 0.15) is 12.4 Å². The first-order valence-electron chi connectivity index (χ1n) is 9.39. The van der Waals surface area contributed by atoms with Crippen molar-refractivity contribution in [2.45, 2.75) is 6.92 Å². The van der Waals surface area contributed by atoms with Crippen molar-refractivity contribution >= 4 is 40.6 Å². The van der Waals surface area contributed by atoms with Gasteiger partial charge in [-0.05, 0) is 49.0 Å². The smallest absolute Gasteiger partial charge is 0.338 e. The van der Waals surface area contributed by atoms with E-state index in [1.807, 2.05) is 24.3 Å². The number of thioether (sulfide) groups is 1. The summed E-state index contributed by atoms with van der Waals surface area (Å²) in [4.78, 5) is 31.2. The van der Waals surface area contributed by atoms with Crippen LogP contribution in [-0.4, -0.2) is 42.2 Å². The van der Waals surface area contributed by atoms with E-state index in [9.17, 15) is 9.59 Å². The number of hydrogen-bond acceptors (Lipinski definition) is 6. The molecule has 2 aromatic carbocycles. The van der Waals surface area contributed by atoms with Gasteiger partial charge in [-0.2, -0.15) is 0 Å². The second kappa shape index (κ2) is 9.93. The highest BCUT2D eigenvalue weighted by Gasteiger charge is 2.30. The Bertz CT molecular complexity index is 1030. The highest BCUT2D eigenvalue weighted by molar-refractivity contribution is 8.18. The lowest BCUT2D eigenvalue weighted by atomic mass is 10.2. The normalized spacial score (nSPS) is 16.2. The summed E-state index contributed by atoms with van der Waals surface area (Å²) in [6, 6.07) is 14.3. The van der Waals surface area contributed by atoms with E-state index in [1.165, 1.54) is 16.7 Å². The molecule has 1 amide bonds. The van der Waals surface area contributed by atoms with E-state index in [4.69, 9.17) is 9.47 Å². The third kappa shape index (κ3) is 4.99. The zero-order valence-corrected chi connectivity index (χ0v) is 17.6. The molecule has 0 spiro atoms. The van der Waals surface area contributed by atoms with Gasteiger partial charge in [0, 0.05) is 12.6 Å². The third-order valence-corrected chi connectivity index (χ3v) is 5.21. The zero-order valence-electron chi connectivity index (χ0n) is 16.8. The first kappa shape index (κ1) is 21.4. The van der Waals surface area contributed by atoms with Crippen LogP contribution in [0, 0.1) is 0 Å². The molecule has 0 atom stereocenters. The standard InChI is InChI=1S/C23H22N2O4S/c1-4-13-29-19-12-7-6-9-16(19)15-20-21(26)25(3)23(30-20)24-18-11-8-10-17(14-18)22(27)28-5-2/h4,6-12,14-15H,1,5,13H2,2-3H3. The summed E-state index contributed by atoms with van der Waals surface area (Å²) in [5.74, 6) is 0.118. The Morgan fingerprint density at radius 3 is 2.80 bits per heavy atom. The highest BCUT2D eigenvalue weighted by atomic mass is 32.2. The maximum atomic E-state index is 12.7. The van der Waals surface area contributed by atoms with Gasteiger partial charge < -0.3 is 9.47 Å². The lowest BCUT2D eigenvalue weighted by molar-refractivity contribution is -0.121. The predicted molar refractivity (Wildman–Crippen MR) is 120 cm³/mol. The molecule has 0 radical (unpaired) electrons. The van der Waals surface area contributed by atoms with Crippen molar-refractivity contribution in [2.24, 2.45) is 4.99 Å². The van der Waals surface area contributed by atoms with E-state index < -0.39 is 5.97 Å². The molecule has 7 heteroatoms. The van der Waals surface area contributed by atoms with Crippen molar-refractivity contribution in [3.8, 4) is 5.75 Å². The summed E-state index contributed by atoms with van der Waals surface area (Å²) in [6.45, 7) is 6.10. The lowest BCUT2D eigenvalue weighted by Crippen LogP contribution is -2.23. The van der Waals surface area contributed by atoms with E-state index in [0.29, 0.717) is 40.3 Å². The Hall–Kier alpha value is -3.32. The van der Waals surface area contributed by atoms with E-state index in [0.717, 1.165) is 5.56 Å². The van der Waals surface area contributed by atoms with E-state index >= 15 is 0 Å². The van der Waals surface area contributed by atoms with Crippen molar-refractivity contribution in [3.63, 3.8) is 0 Å². The molecule has 1 fully saturated rings. The minimum atomic E-state index is -0.403. The van der Waals surface area contributed by atoms with E-state index in [-0.39, 0.29) is 5.91 Å². The fraction of sp³-hybridized carbons (Fsp3) is 0.174. The molecular formula is C23H22N2O4S. The average molecular weight is 423 g/mol. The van der Waals surface area contributed by atoms with Crippen molar-refractivity contribution in [1.82, 2.24) is 4.90 Å². The molecule has 30 heavy (non-hydrogen) atoms. The fourth-order valence-electron chi connectivity index (χ4n) is 2.70. The Kier molecular flexibility index (Phi) is 7.08. The van der Waals surface area contributed by atoms with Gasteiger partial charge in [0.15, 0.2) is 5.17 Å². The monoisotopic (exact) mass is 422 g/mol. The number of amidine groups is 1. The number of nitrogens with zero attached hydrogens (tertiary/aromatic N) is 2. The van der Waals surface area contributed by atoms with Crippen LogP contribution in [0.3, 0.4) is 0 Å². The Morgan fingerprint density at radius 1 is 1.23 bits per heavy atom. The molecular weight excluding hydrogens is 400 g/mol. The second-order valence-electron chi connectivity index (χ2n) is 6.28. The van der Waals surface area contributed by atoms with Gasteiger partial charge in [0.25, 0.3) is 5.91 Å². The Labute approximate surface area is 179 Å². The minimum absolute atomic E-state index is 0.154. The van der Waals surface area contributed by atoms with Crippen LogP contribution < -0.4 is 4.74 Å². The molecule has 1 heterocycles.